The zero-order chi connectivity index (χ0) is 24.7. The summed E-state index contributed by atoms with van der Waals surface area (Å²) in [6.45, 7) is 1.78. The zero-order valence-electron chi connectivity index (χ0n) is 20.4. The van der Waals surface area contributed by atoms with Gasteiger partial charge in [-0.2, -0.15) is 0 Å². The lowest BCUT2D eigenvalue weighted by atomic mass is 10.1. The van der Waals surface area contributed by atoms with Gasteiger partial charge in [0.1, 0.15) is 19.8 Å². The van der Waals surface area contributed by atoms with Crippen LogP contribution < -0.4 is 14.8 Å². The molecule has 2 aliphatic carbocycles. The molecular weight excluding hydrogens is 474 g/mol. The van der Waals surface area contributed by atoms with Gasteiger partial charge in [0.05, 0.1) is 35.1 Å². The molecule has 0 bridgehead atoms. The monoisotopic (exact) mass is 504 g/mol. The summed E-state index contributed by atoms with van der Waals surface area (Å²) in [6, 6.07) is 15.7. The molecule has 1 atom stereocenters. The Bertz CT molecular complexity index is 1300. The van der Waals surface area contributed by atoms with Gasteiger partial charge in [0, 0.05) is 18.8 Å². The number of quaternary nitrogens is 1. The number of hydrogen-bond acceptors (Lipinski definition) is 6. The van der Waals surface area contributed by atoms with E-state index in [1.165, 1.54) is 0 Å². The third-order valence-electron chi connectivity index (χ3n) is 7.30. The molecule has 1 aromatic heterocycles. The van der Waals surface area contributed by atoms with Crippen LogP contribution in [0.5, 0.6) is 11.5 Å². The second-order valence-electron chi connectivity index (χ2n) is 9.98. The number of nitrogens with one attached hydrogen (secondary N) is 1. The number of carbonyl (C=O) groups excluding carboxylic acids is 2. The summed E-state index contributed by atoms with van der Waals surface area (Å²) in [4.78, 5) is 33.0. The van der Waals surface area contributed by atoms with Crippen molar-refractivity contribution in [3.05, 3.63) is 64.8 Å². The second-order valence-corrected chi connectivity index (χ2v) is 11.0. The van der Waals surface area contributed by atoms with E-state index < -0.39 is 0 Å². The van der Waals surface area contributed by atoms with E-state index in [1.54, 1.807) is 29.5 Å². The predicted octanol–water partition coefficient (Wildman–Crippen LogP) is 4.64. The van der Waals surface area contributed by atoms with Crippen molar-refractivity contribution >= 4 is 23.2 Å². The molecule has 186 valence electrons. The first-order valence-corrected chi connectivity index (χ1v) is 13.5. The number of benzene rings is 2. The van der Waals surface area contributed by atoms with Crippen molar-refractivity contribution in [2.45, 2.75) is 37.6 Å². The average molecular weight is 505 g/mol. The third kappa shape index (κ3) is 4.40. The molecule has 7 nitrogen and oxygen atoms in total. The number of rotatable bonds is 8. The van der Waals surface area contributed by atoms with Crippen LogP contribution in [0, 0.1) is 0 Å². The highest BCUT2D eigenvalue weighted by molar-refractivity contribution is 7.15. The molecule has 1 aliphatic heterocycles. The molecule has 2 aromatic carbocycles. The topological polar surface area (TPSA) is 77.5 Å². The van der Waals surface area contributed by atoms with Gasteiger partial charge in [-0.05, 0) is 30.5 Å². The molecule has 1 unspecified atom stereocenters. The molecule has 3 aliphatic rings. The van der Waals surface area contributed by atoms with Crippen LogP contribution in [0.25, 0.3) is 10.4 Å². The molecule has 2 amide bonds. The Hall–Kier alpha value is -3.23. The summed E-state index contributed by atoms with van der Waals surface area (Å²) < 4.78 is 11.6. The maximum Gasteiger partial charge on any atom is 0.366 e. The Labute approximate surface area is 214 Å². The first kappa shape index (κ1) is 23.2. The number of para-hydroxylation sites is 1. The number of ether oxygens (including phenoxy) is 2. The summed E-state index contributed by atoms with van der Waals surface area (Å²) in [5, 5.41) is 4.09. The average Bonchev–Trinajstić information content (AvgIpc) is 3.85. The van der Waals surface area contributed by atoms with E-state index >= 15 is 0 Å². The fourth-order valence-corrected chi connectivity index (χ4v) is 6.09. The number of likely N-dealkylation sites (N-methyl/N-ethyl adjacent to an activating group) is 1. The van der Waals surface area contributed by atoms with Gasteiger partial charge in [0.25, 0.3) is 5.91 Å². The standard InChI is InChI=1S/C28H29N3O4S/c1-31(20-12-13-20,15-14-29-26(32)21-8-5-9-22-24(21)35-17-16-34-22)28(33)23-25(18-6-3-2-4-7-18)36-27(30-23)19-10-11-19/h2-9,19-20H,10-17H2,1H3/p+1. The predicted molar refractivity (Wildman–Crippen MR) is 138 cm³/mol. The maximum absolute atomic E-state index is 14.1. The highest BCUT2D eigenvalue weighted by Gasteiger charge is 2.49. The van der Waals surface area contributed by atoms with Crippen molar-refractivity contribution in [3.8, 4) is 21.9 Å². The quantitative estimate of drug-likeness (QED) is 0.453. The van der Waals surface area contributed by atoms with Crippen molar-refractivity contribution in [2.24, 2.45) is 0 Å². The van der Waals surface area contributed by atoms with Gasteiger partial charge in [0.2, 0.25) is 0 Å². The minimum absolute atomic E-state index is 0.0441. The lowest BCUT2D eigenvalue weighted by molar-refractivity contribution is -0.838. The van der Waals surface area contributed by atoms with Crippen LogP contribution in [0.3, 0.4) is 0 Å². The van der Waals surface area contributed by atoms with Crippen molar-refractivity contribution < 1.29 is 23.5 Å². The molecule has 3 aromatic rings. The van der Waals surface area contributed by atoms with E-state index in [0.29, 0.717) is 55.0 Å². The number of fused-ring (bicyclic) bond motifs is 1. The molecule has 36 heavy (non-hydrogen) atoms. The minimum atomic E-state index is -0.221. The Morgan fingerprint density at radius 3 is 2.56 bits per heavy atom. The molecule has 2 heterocycles. The van der Waals surface area contributed by atoms with Gasteiger partial charge in [-0.25, -0.2) is 9.78 Å². The van der Waals surface area contributed by atoms with Crippen LogP contribution >= 0.6 is 11.3 Å². The second kappa shape index (κ2) is 9.33. The van der Waals surface area contributed by atoms with Gasteiger partial charge in [-0.15, -0.1) is 11.3 Å². The van der Waals surface area contributed by atoms with Gasteiger partial charge in [-0.3, -0.25) is 9.28 Å². The molecule has 6 rings (SSSR count). The van der Waals surface area contributed by atoms with Gasteiger partial charge in [0.15, 0.2) is 17.2 Å². The fraction of sp³-hybridized carbons (Fsp3) is 0.393. The van der Waals surface area contributed by atoms with E-state index in [2.05, 4.69) is 17.4 Å². The molecule has 1 N–H and O–H groups in total. The van der Waals surface area contributed by atoms with E-state index in [1.807, 2.05) is 25.2 Å². The summed E-state index contributed by atoms with van der Waals surface area (Å²) in [6.07, 6.45) is 4.31. The highest BCUT2D eigenvalue weighted by Crippen LogP contribution is 2.46. The van der Waals surface area contributed by atoms with E-state index in [4.69, 9.17) is 14.5 Å². The van der Waals surface area contributed by atoms with Crippen molar-refractivity contribution in [1.29, 1.82) is 0 Å². The van der Waals surface area contributed by atoms with Gasteiger partial charge >= 0.3 is 5.91 Å². The van der Waals surface area contributed by atoms with Gasteiger partial charge < -0.3 is 14.8 Å². The van der Waals surface area contributed by atoms with Crippen LogP contribution in [0.15, 0.2) is 48.5 Å². The molecule has 2 fully saturated rings. The largest absolute Gasteiger partial charge is 0.486 e. The van der Waals surface area contributed by atoms with Crippen LogP contribution in [0.4, 0.5) is 0 Å². The number of amides is 2. The van der Waals surface area contributed by atoms with Crippen LogP contribution in [-0.2, 0) is 0 Å². The lowest BCUT2D eigenvalue weighted by Crippen LogP contribution is -2.54. The van der Waals surface area contributed by atoms with Gasteiger partial charge in [-0.1, -0.05) is 36.4 Å². The summed E-state index contributed by atoms with van der Waals surface area (Å²) >= 11 is 1.66. The van der Waals surface area contributed by atoms with E-state index in [9.17, 15) is 9.59 Å². The minimum Gasteiger partial charge on any atom is -0.486 e. The van der Waals surface area contributed by atoms with Crippen LogP contribution in [0.1, 0.15) is 57.5 Å². The normalized spacial score (nSPS) is 18.4. The van der Waals surface area contributed by atoms with Crippen molar-refractivity contribution in [1.82, 2.24) is 10.3 Å². The Morgan fingerprint density at radius 1 is 1.03 bits per heavy atom. The highest BCUT2D eigenvalue weighted by atomic mass is 32.1. The number of hydrogen-bond donors (Lipinski definition) is 1. The molecule has 0 radical (unpaired) electrons. The summed E-state index contributed by atoms with van der Waals surface area (Å²) in [5.41, 5.74) is 2.08. The number of nitrogens with zero attached hydrogens (tertiary/aromatic N) is 2. The van der Waals surface area contributed by atoms with Crippen molar-refractivity contribution in [2.75, 3.05) is 33.4 Å². The first-order chi connectivity index (χ1) is 17.5. The third-order valence-corrected chi connectivity index (χ3v) is 8.57. The number of aromatic nitrogens is 1. The number of carbonyl (C=O) groups is 2. The molecule has 8 heteroatoms. The maximum atomic E-state index is 14.1. The van der Waals surface area contributed by atoms with Crippen LogP contribution in [-0.4, -0.2) is 60.7 Å². The lowest BCUT2D eigenvalue weighted by Gasteiger charge is -2.31. The van der Waals surface area contributed by atoms with E-state index in [-0.39, 0.29) is 22.3 Å². The summed E-state index contributed by atoms with van der Waals surface area (Å²) in [7, 11) is 2.00. The number of thiazole rings is 1. The Kier molecular flexibility index (Phi) is 6.01. The smallest absolute Gasteiger partial charge is 0.366 e. The Morgan fingerprint density at radius 2 is 1.81 bits per heavy atom. The fourth-order valence-electron chi connectivity index (χ4n) is 4.86. The Balaban J connectivity index is 1.22. The van der Waals surface area contributed by atoms with E-state index in [0.717, 1.165) is 41.1 Å². The zero-order valence-corrected chi connectivity index (χ0v) is 21.2. The summed E-state index contributed by atoms with van der Waals surface area (Å²) in [5.74, 6) is 1.39. The van der Waals surface area contributed by atoms with Crippen molar-refractivity contribution in [3.63, 3.8) is 0 Å². The molecule has 2 saturated carbocycles. The van der Waals surface area contributed by atoms with Crippen LogP contribution in [0.2, 0.25) is 0 Å². The molecule has 0 spiro atoms. The first-order valence-electron chi connectivity index (χ1n) is 12.7. The molecule has 0 saturated heterocycles. The SMILES string of the molecule is C[N+](CCNC(=O)c1cccc2c1OCCO2)(C(=O)c1nc(C2CC2)sc1-c1ccccc1)C1CC1. The molecular formula is C28H30N3O4S+.